The third-order valence-electron chi connectivity index (χ3n) is 2.84. The van der Waals surface area contributed by atoms with Gasteiger partial charge in [0, 0.05) is 19.5 Å². The van der Waals surface area contributed by atoms with E-state index in [1.54, 1.807) is 0 Å². The zero-order chi connectivity index (χ0) is 12.5. The zero-order valence-corrected chi connectivity index (χ0v) is 11.8. The molecule has 2 N–H and O–H groups in total. The number of hydrogen-bond acceptors (Lipinski definition) is 2. The largest absolute Gasteiger partial charge is 0.343 e. The van der Waals surface area contributed by atoms with Gasteiger partial charge in [-0.2, -0.15) is 0 Å². The van der Waals surface area contributed by atoms with Gasteiger partial charge in [-0.3, -0.25) is 4.79 Å². The molecule has 0 spiro atoms. The maximum Gasteiger partial charge on any atom is 0.222 e. The van der Waals surface area contributed by atoms with Crippen molar-refractivity contribution in [3.63, 3.8) is 0 Å². The van der Waals surface area contributed by atoms with Crippen molar-refractivity contribution in [1.82, 2.24) is 4.90 Å². The van der Waals surface area contributed by atoms with Crippen LogP contribution in [0.25, 0.3) is 0 Å². The lowest BCUT2D eigenvalue weighted by molar-refractivity contribution is -0.131. The summed E-state index contributed by atoms with van der Waals surface area (Å²) in [5.74, 6) is 0.217. The highest BCUT2D eigenvalue weighted by Gasteiger charge is 2.10. The first-order valence-corrected chi connectivity index (χ1v) is 6.29. The molecule has 0 bridgehead atoms. The standard InChI is InChI=1S/C14H22N2O.ClH/c1-2-16(14(17)9-6-11-15)12-10-13-7-4-3-5-8-13;/h3-5,7-8H,2,6,9-12,15H2,1H3;1H. The number of amides is 1. The van der Waals surface area contributed by atoms with Gasteiger partial charge < -0.3 is 10.6 Å². The first kappa shape index (κ1) is 16.9. The third kappa shape index (κ3) is 6.03. The Bertz CT molecular complexity index is 330. The molecule has 1 rings (SSSR count). The van der Waals surface area contributed by atoms with Crippen LogP contribution in [0.3, 0.4) is 0 Å². The Hall–Kier alpha value is -1.06. The van der Waals surface area contributed by atoms with Crippen LogP contribution < -0.4 is 5.73 Å². The minimum Gasteiger partial charge on any atom is -0.343 e. The van der Waals surface area contributed by atoms with Crippen LogP contribution in [0.4, 0.5) is 0 Å². The Morgan fingerprint density at radius 1 is 1.28 bits per heavy atom. The van der Waals surface area contributed by atoms with Gasteiger partial charge in [0.05, 0.1) is 0 Å². The lowest BCUT2D eigenvalue weighted by Gasteiger charge is -2.20. The summed E-state index contributed by atoms with van der Waals surface area (Å²) in [5, 5.41) is 0. The molecule has 3 nitrogen and oxygen atoms in total. The molecule has 1 aromatic rings. The van der Waals surface area contributed by atoms with Gasteiger partial charge >= 0.3 is 0 Å². The van der Waals surface area contributed by atoms with Crippen LogP contribution >= 0.6 is 12.4 Å². The molecule has 1 amide bonds. The monoisotopic (exact) mass is 270 g/mol. The molecule has 4 heteroatoms. The van der Waals surface area contributed by atoms with Gasteiger partial charge in [0.2, 0.25) is 5.91 Å². The molecule has 102 valence electrons. The van der Waals surface area contributed by atoms with E-state index in [1.165, 1.54) is 5.56 Å². The van der Waals surface area contributed by atoms with E-state index in [2.05, 4.69) is 12.1 Å². The molecular weight excluding hydrogens is 248 g/mol. The summed E-state index contributed by atoms with van der Waals surface area (Å²) in [4.78, 5) is 13.7. The van der Waals surface area contributed by atoms with Crippen molar-refractivity contribution < 1.29 is 4.79 Å². The third-order valence-corrected chi connectivity index (χ3v) is 2.84. The van der Waals surface area contributed by atoms with Gasteiger partial charge in [0.1, 0.15) is 0 Å². The van der Waals surface area contributed by atoms with Crippen molar-refractivity contribution in [3.05, 3.63) is 35.9 Å². The molecule has 0 aromatic heterocycles. The van der Waals surface area contributed by atoms with E-state index < -0.39 is 0 Å². The number of halogens is 1. The zero-order valence-electron chi connectivity index (χ0n) is 11.0. The van der Waals surface area contributed by atoms with Crippen LogP contribution in [-0.4, -0.2) is 30.4 Å². The number of likely N-dealkylation sites (N-methyl/N-ethyl adjacent to an activating group) is 1. The van der Waals surface area contributed by atoms with Crippen molar-refractivity contribution in [1.29, 1.82) is 0 Å². The molecule has 0 aliphatic carbocycles. The van der Waals surface area contributed by atoms with Gasteiger partial charge in [-0.05, 0) is 31.9 Å². The van der Waals surface area contributed by atoms with E-state index in [0.717, 1.165) is 25.9 Å². The van der Waals surface area contributed by atoms with Crippen LogP contribution in [0, 0.1) is 0 Å². The topological polar surface area (TPSA) is 46.3 Å². The highest BCUT2D eigenvalue weighted by Crippen LogP contribution is 2.03. The van der Waals surface area contributed by atoms with Crippen molar-refractivity contribution in [2.24, 2.45) is 5.73 Å². The molecule has 0 atom stereocenters. The summed E-state index contributed by atoms with van der Waals surface area (Å²) < 4.78 is 0. The normalized spacial score (nSPS) is 9.67. The van der Waals surface area contributed by atoms with E-state index in [9.17, 15) is 4.79 Å². The van der Waals surface area contributed by atoms with Gasteiger partial charge in [-0.15, -0.1) is 12.4 Å². The predicted molar refractivity (Wildman–Crippen MR) is 77.9 cm³/mol. The van der Waals surface area contributed by atoms with Gasteiger partial charge in [-0.25, -0.2) is 0 Å². The molecule has 0 radical (unpaired) electrons. The van der Waals surface area contributed by atoms with Crippen molar-refractivity contribution in [2.75, 3.05) is 19.6 Å². The minimum absolute atomic E-state index is 0. The smallest absolute Gasteiger partial charge is 0.222 e. The highest BCUT2D eigenvalue weighted by atomic mass is 35.5. The molecule has 1 aromatic carbocycles. The first-order chi connectivity index (χ1) is 8.27. The summed E-state index contributed by atoms with van der Waals surface area (Å²) in [6.07, 6.45) is 2.27. The van der Waals surface area contributed by atoms with E-state index in [-0.39, 0.29) is 18.3 Å². The lowest BCUT2D eigenvalue weighted by Crippen LogP contribution is -2.32. The first-order valence-electron chi connectivity index (χ1n) is 6.29. The van der Waals surface area contributed by atoms with E-state index in [0.29, 0.717) is 13.0 Å². The van der Waals surface area contributed by atoms with E-state index in [1.807, 2.05) is 30.0 Å². The number of carbonyl (C=O) groups is 1. The predicted octanol–water partition coefficient (Wildman–Crippen LogP) is 2.24. The van der Waals surface area contributed by atoms with Crippen LogP contribution in [0.5, 0.6) is 0 Å². The fraction of sp³-hybridized carbons (Fsp3) is 0.500. The van der Waals surface area contributed by atoms with Gasteiger partial charge in [-0.1, -0.05) is 30.3 Å². The molecular formula is C14H23ClN2O. The number of hydrogen-bond donors (Lipinski definition) is 1. The van der Waals surface area contributed by atoms with Crippen LogP contribution in [-0.2, 0) is 11.2 Å². The molecule has 0 saturated carbocycles. The molecule has 0 aliphatic rings. The Labute approximate surface area is 116 Å². The van der Waals surface area contributed by atoms with Crippen LogP contribution in [0.15, 0.2) is 30.3 Å². The Balaban J connectivity index is 0.00000289. The molecule has 0 fully saturated rings. The summed E-state index contributed by atoms with van der Waals surface area (Å²) in [7, 11) is 0. The van der Waals surface area contributed by atoms with E-state index >= 15 is 0 Å². The van der Waals surface area contributed by atoms with Crippen molar-refractivity contribution >= 4 is 18.3 Å². The number of rotatable bonds is 7. The quantitative estimate of drug-likeness (QED) is 0.826. The molecule has 0 unspecified atom stereocenters. The average Bonchev–Trinajstić information content (AvgIpc) is 2.38. The highest BCUT2D eigenvalue weighted by molar-refractivity contribution is 5.85. The molecule has 0 saturated heterocycles. The number of nitrogens with two attached hydrogens (primary N) is 1. The summed E-state index contributed by atoms with van der Waals surface area (Å²) in [6.45, 7) is 4.17. The number of carbonyl (C=O) groups excluding carboxylic acids is 1. The molecule has 0 aliphatic heterocycles. The second-order valence-electron chi connectivity index (χ2n) is 4.10. The maximum atomic E-state index is 11.8. The number of benzene rings is 1. The lowest BCUT2D eigenvalue weighted by atomic mass is 10.1. The van der Waals surface area contributed by atoms with E-state index in [4.69, 9.17) is 5.73 Å². The Kier molecular flexibility index (Phi) is 9.33. The fourth-order valence-electron chi connectivity index (χ4n) is 1.78. The van der Waals surface area contributed by atoms with Crippen LogP contribution in [0.1, 0.15) is 25.3 Å². The Morgan fingerprint density at radius 2 is 1.94 bits per heavy atom. The van der Waals surface area contributed by atoms with Crippen LogP contribution in [0.2, 0.25) is 0 Å². The summed E-state index contributed by atoms with van der Waals surface area (Å²) in [6, 6.07) is 10.3. The van der Waals surface area contributed by atoms with Crippen molar-refractivity contribution in [3.8, 4) is 0 Å². The van der Waals surface area contributed by atoms with Crippen molar-refractivity contribution in [2.45, 2.75) is 26.2 Å². The maximum absolute atomic E-state index is 11.8. The molecule has 18 heavy (non-hydrogen) atoms. The SMILES string of the molecule is CCN(CCc1ccccc1)C(=O)CCCN.Cl. The Morgan fingerprint density at radius 3 is 2.50 bits per heavy atom. The second-order valence-corrected chi connectivity index (χ2v) is 4.10. The summed E-state index contributed by atoms with van der Waals surface area (Å²) >= 11 is 0. The summed E-state index contributed by atoms with van der Waals surface area (Å²) in [5.41, 5.74) is 6.69. The second kappa shape index (κ2) is 9.92. The minimum atomic E-state index is 0. The van der Waals surface area contributed by atoms with Gasteiger partial charge in [0.25, 0.3) is 0 Å². The number of nitrogens with zero attached hydrogens (tertiary/aromatic N) is 1. The average molecular weight is 271 g/mol. The fourth-order valence-corrected chi connectivity index (χ4v) is 1.78. The molecule has 0 heterocycles. The van der Waals surface area contributed by atoms with Gasteiger partial charge in [0.15, 0.2) is 0 Å².